The second-order valence-corrected chi connectivity index (χ2v) is 15.7. The van der Waals surface area contributed by atoms with Crippen LogP contribution in [0.15, 0.2) is 47.3 Å². The van der Waals surface area contributed by atoms with Gasteiger partial charge in [0, 0.05) is 53.6 Å². The van der Waals surface area contributed by atoms with Crippen LogP contribution in [0.4, 0.5) is 5.69 Å². The van der Waals surface area contributed by atoms with Gasteiger partial charge in [-0.3, -0.25) is 9.78 Å². The second kappa shape index (κ2) is 10.5. The number of allylic oxidation sites excluding steroid dienone is 2. The van der Waals surface area contributed by atoms with Crippen molar-refractivity contribution in [3.05, 3.63) is 75.4 Å². The van der Waals surface area contributed by atoms with Crippen LogP contribution in [0, 0.1) is 12.3 Å². The monoisotopic (exact) mass is 663 g/mol. The molecule has 3 aliphatic carbocycles. The maximum Gasteiger partial charge on any atom is 0.283 e. The molecule has 4 aromatic rings. The van der Waals surface area contributed by atoms with Crippen LogP contribution in [-0.4, -0.2) is 47.8 Å². The SMILES string of the molecule is Cc1cc(C(=O)NS(=O)(=O)C2CC2)nc2ccc(N3CCC4(C=C(c5c(-c6c(Cl)cncc6Cl)noc5C5CC5)C4)CC3)cc12. The summed E-state index contributed by atoms with van der Waals surface area (Å²) in [4.78, 5) is 23.7. The van der Waals surface area contributed by atoms with E-state index >= 15 is 0 Å². The third-order valence-electron chi connectivity index (χ3n) is 9.66. The number of anilines is 1. The quantitative estimate of drug-likeness (QED) is 0.223. The topological polar surface area (TPSA) is 118 Å². The van der Waals surface area contributed by atoms with E-state index in [1.54, 1.807) is 18.5 Å². The van der Waals surface area contributed by atoms with Crippen LogP contribution in [0.3, 0.4) is 0 Å². The molecule has 4 aliphatic rings. The van der Waals surface area contributed by atoms with Crippen molar-refractivity contribution in [3.8, 4) is 11.3 Å². The number of nitrogens with zero attached hydrogens (tertiary/aromatic N) is 4. The molecule has 0 atom stereocenters. The number of benzene rings is 1. The third kappa shape index (κ3) is 5.20. The van der Waals surface area contributed by atoms with E-state index in [1.807, 2.05) is 19.1 Å². The molecule has 1 N–H and O–H groups in total. The van der Waals surface area contributed by atoms with Crippen molar-refractivity contribution in [3.63, 3.8) is 0 Å². The van der Waals surface area contributed by atoms with Crippen LogP contribution in [0.25, 0.3) is 27.7 Å². The summed E-state index contributed by atoms with van der Waals surface area (Å²) in [6.07, 6.45) is 12.0. The summed E-state index contributed by atoms with van der Waals surface area (Å²) in [6, 6.07) is 7.73. The van der Waals surface area contributed by atoms with Gasteiger partial charge in [0.1, 0.15) is 17.1 Å². The number of aryl methyl sites for hydroxylation is 1. The minimum Gasteiger partial charge on any atom is -0.371 e. The van der Waals surface area contributed by atoms with E-state index in [1.165, 1.54) is 5.57 Å². The van der Waals surface area contributed by atoms with Crippen molar-refractivity contribution in [2.75, 3.05) is 18.0 Å². The molecule has 0 unspecified atom stereocenters. The fraction of sp³-hybridized carbons (Fsp3) is 0.394. The highest BCUT2D eigenvalue weighted by atomic mass is 35.5. The average Bonchev–Trinajstić information content (AvgIpc) is 3.93. The number of sulfonamides is 1. The van der Waals surface area contributed by atoms with Crippen LogP contribution in [0.5, 0.6) is 0 Å². The van der Waals surface area contributed by atoms with Crippen molar-refractivity contribution in [2.45, 2.75) is 63.0 Å². The van der Waals surface area contributed by atoms with Gasteiger partial charge < -0.3 is 9.42 Å². The van der Waals surface area contributed by atoms with Crippen molar-refractivity contribution in [2.24, 2.45) is 5.41 Å². The van der Waals surface area contributed by atoms with E-state index < -0.39 is 21.2 Å². The lowest BCUT2D eigenvalue weighted by Crippen LogP contribution is -2.42. The highest BCUT2D eigenvalue weighted by Crippen LogP contribution is 2.56. The van der Waals surface area contributed by atoms with E-state index in [4.69, 9.17) is 27.7 Å². The molecule has 8 rings (SSSR count). The molecule has 9 nitrogen and oxygen atoms in total. The van der Waals surface area contributed by atoms with Gasteiger partial charge in [0.25, 0.3) is 5.91 Å². The van der Waals surface area contributed by atoms with Gasteiger partial charge in [-0.15, -0.1) is 0 Å². The molecule has 1 saturated heterocycles. The summed E-state index contributed by atoms with van der Waals surface area (Å²) in [5, 5.41) is 5.85. The number of aromatic nitrogens is 3. The summed E-state index contributed by atoms with van der Waals surface area (Å²) in [5.74, 6) is 0.657. The maximum atomic E-state index is 12.7. The minimum absolute atomic E-state index is 0.110. The van der Waals surface area contributed by atoms with E-state index in [0.717, 1.165) is 73.2 Å². The van der Waals surface area contributed by atoms with Crippen LogP contribution in [-0.2, 0) is 10.0 Å². The predicted molar refractivity (Wildman–Crippen MR) is 174 cm³/mol. The summed E-state index contributed by atoms with van der Waals surface area (Å²) < 4.78 is 32.6. The molecule has 2 saturated carbocycles. The number of nitrogens with one attached hydrogen (secondary N) is 1. The first-order chi connectivity index (χ1) is 21.6. The fourth-order valence-electron chi connectivity index (χ4n) is 6.80. The fourth-order valence-corrected chi connectivity index (χ4v) is 8.63. The Bertz CT molecular complexity index is 2010. The average molecular weight is 665 g/mol. The first kappa shape index (κ1) is 29.0. The van der Waals surface area contributed by atoms with Crippen molar-refractivity contribution >= 4 is 61.3 Å². The predicted octanol–water partition coefficient (Wildman–Crippen LogP) is 7.07. The molecule has 1 aromatic carbocycles. The van der Waals surface area contributed by atoms with Gasteiger partial charge in [-0.25, -0.2) is 18.1 Å². The number of carbonyl (C=O) groups excluding carboxylic acids is 1. The van der Waals surface area contributed by atoms with Crippen molar-refractivity contribution < 1.29 is 17.7 Å². The van der Waals surface area contributed by atoms with Crippen LogP contribution in [0.2, 0.25) is 10.0 Å². The summed E-state index contributed by atoms with van der Waals surface area (Å²) >= 11 is 13.1. The zero-order chi connectivity index (χ0) is 31.1. The van der Waals surface area contributed by atoms with Gasteiger partial charge in [0.05, 0.1) is 20.8 Å². The summed E-state index contributed by atoms with van der Waals surface area (Å²) in [6.45, 7) is 3.75. The number of rotatable bonds is 7. The molecule has 4 heterocycles. The summed E-state index contributed by atoms with van der Waals surface area (Å²) in [7, 11) is -3.64. The highest BCUT2D eigenvalue weighted by molar-refractivity contribution is 7.91. The molecule has 12 heteroatoms. The Kier molecular flexibility index (Phi) is 6.78. The minimum atomic E-state index is -3.64. The number of halogens is 2. The Morgan fingerprint density at radius 3 is 2.42 bits per heavy atom. The normalized spacial score (nSPS) is 19.4. The van der Waals surface area contributed by atoms with Crippen LogP contribution in [0.1, 0.15) is 78.2 Å². The van der Waals surface area contributed by atoms with Crippen molar-refractivity contribution in [1.82, 2.24) is 19.8 Å². The molecular formula is C33H31Cl2N5O4S. The molecule has 3 aromatic heterocycles. The maximum absolute atomic E-state index is 12.7. The lowest BCUT2D eigenvalue weighted by Gasteiger charge is -2.47. The Hall–Kier alpha value is -3.47. The van der Waals surface area contributed by atoms with Gasteiger partial charge in [-0.1, -0.05) is 34.4 Å². The number of hydrogen-bond donors (Lipinski definition) is 1. The van der Waals surface area contributed by atoms with Crippen molar-refractivity contribution in [1.29, 1.82) is 0 Å². The van der Waals surface area contributed by atoms with E-state index in [-0.39, 0.29) is 11.1 Å². The number of piperidine rings is 1. The number of amides is 1. The molecule has 3 fully saturated rings. The molecule has 0 radical (unpaired) electrons. The Balaban J connectivity index is 0.999. The number of hydrogen-bond acceptors (Lipinski definition) is 8. The highest BCUT2D eigenvalue weighted by Gasteiger charge is 2.44. The molecular weight excluding hydrogens is 633 g/mol. The van der Waals surface area contributed by atoms with Crippen LogP contribution >= 0.6 is 23.2 Å². The van der Waals surface area contributed by atoms with Gasteiger partial charge in [0.2, 0.25) is 10.0 Å². The third-order valence-corrected chi connectivity index (χ3v) is 12.0. The first-order valence-electron chi connectivity index (χ1n) is 15.3. The number of carbonyl (C=O) groups is 1. The van der Waals surface area contributed by atoms with Gasteiger partial charge in [0.15, 0.2) is 0 Å². The van der Waals surface area contributed by atoms with Crippen LogP contribution < -0.4 is 9.62 Å². The van der Waals surface area contributed by atoms with Gasteiger partial charge in [-0.2, -0.15) is 0 Å². The lowest BCUT2D eigenvalue weighted by molar-refractivity contribution is 0.0976. The van der Waals surface area contributed by atoms with Gasteiger partial charge in [-0.05, 0) is 92.7 Å². The molecule has 1 spiro atoms. The number of fused-ring (bicyclic) bond motifs is 1. The second-order valence-electron chi connectivity index (χ2n) is 12.9. The zero-order valence-corrected chi connectivity index (χ0v) is 27.0. The van der Waals surface area contributed by atoms with Gasteiger partial charge >= 0.3 is 0 Å². The number of pyridine rings is 2. The smallest absolute Gasteiger partial charge is 0.283 e. The molecule has 45 heavy (non-hydrogen) atoms. The Morgan fingerprint density at radius 2 is 1.76 bits per heavy atom. The molecule has 0 bridgehead atoms. The van der Waals surface area contributed by atoms with E-state index in [9.17, 15) is 13.2 Å². The largest absolute Gasteiger partial charge is 0.371 e. The standard InChI is InChI=1S/C33H31Cl2N5O4S/c1-18-12-27(32(41)39-45(42,43)22-5-6-22)37-26-7-4-21(13-23(18)26)40-10-8-33(9-11-40)14-20(15-33)28-30(38-44-31(28)19-2-3-19)29-24(34)16-36-17-25(29)35/h4,7,12-14,16-17,19,22H,2-3,5-6,8-11,15H2,1H3,(H,39,41). The summed E-state index contributed by atoms with van der Waals surface area (Å²) in [5.41, 5.74) is 6.58. The zero-order valence-electron chi connectivity index (χ0n) is 24.6. The molecule has 1 amide bonds. The van der Waals surface area contributed by atoms with E-state index in [0.29, 0.717) is 45.6 Å². The Labute approximate surface area is 271 Å². The Morgan fingerprint density at radius 1 is 1.04 bits per heavy atom. The molecule has 1 aliphatic heterocycles. The lowest BCUT2D eigenvalue weighted by atomic mass is 9.63. The van der Waals surface area contributed by atoms with E-state index in [2.05, 4.69) is 36.9 Å². The molecule has 232 valence electrons. The first-order valence-corrected chi connectivity index (χ1v) is 17.6.